The number of anilines is 1. The zero-order valence-corrected chi connectivity index (χ0v) is 23.2. The Morgan fingerprint density at radius 3 is 2.63 bits per heavy atom. The molecule has 0 unspecified atom stereocenters. The van der Waals surface area contributed by atoms with Crippen molar-refractivity contribution in [1.29, 1.82) is 0 Å². The van der Waals surface area contributed by atoms with E-state index in [0.29, 0.717) is 46.6 Å². The fourth-order valence-electron chi connectivity index (χ4n) is 4.39. The first kappa shape index (κ1) is 26.0. The van der Waals surface area contributed by atoms with Gasteiger partial charge in [-0.2, -0.15) is 0 Å². The summed E-state index contributed by atoms with van der Waals surface area (Å²) in [6, 6.07) is 3.91. The van der Waals surface area contributed by atoms with Crippen molar-refractivity contribution in [3.63, 3.8) is 0 Å². The van der Waals surface area contributed by atoms with Gasteiger partial charge in [0.2, 0.25) is 5.88 Å². The fourth-order valence-corrected chi connectivity index (χ4v) is 5.02. The lowest BCUT2D eigenvalue weighted by Gasteiger charge is -2.19. The number of nitrogens with zero attached hydrogens (tertiary/aromatic N) is 7. The van der Waals surface area contributed by atoms with Gasteiger partial charge in [-0.05, 0) is 51.0 Å². The molecule has 1 saturated carbocycles. The van der Waals surface area contributed by atoms with E-state index in [-0.39, 0.29) is 17.4 Å². The topological polar surface area (TPSA) is 121 Å². The second-order valence-electron chi connectivity index (χ2n) is 9.39. The van der Waals surface area contributed by atoms with Gasteiger partial charge in [-0.1, -0.05) is 13.8 Å². The number of ether oxygens (including phenoxy) is 1. The van der Waals surface area contributed by atoms with E-state index >= 15 is 0 Å². The SMILES string of the molecule is CCSc1ccc(CNc2nc3c(C)nc(-c4c(OC)ncnc4C4CC4)nc3n([C@@H](C)CC)c2=O)nc1. The van der Waals surface area contributed by atoms with Crippen LogP contribution in [0.15, 0.2) is 34.3 Å². The zero-order valence-electron chi connectivity index (χ0n) is 22.4. The first-order valence-corrected chi connectivity index (χ1v) is 13.9. The minimum Gasteiger partial charge on any atom is -0.480 e. The molecule has 38 heavy (non-hydrogen) atoms. The van der Waals surface area contributed by atoms with Gasteiger partial charge >= 0.3 is 0 Å². The summed E-state index contributed by atoms with van der Waals surface area (Å²) in [5.41, 5.74) is 3.89. The molecule has 4 aromatic rings. The summed E-state index contributed by atoms with van der Waals surface area (Å²) < 4.78 is 7.29. The van der Waals surface area contributed by atoms with E-state index in [1.807, 2.05) is 39.1 Å². The van der Waals surface area contributed by atoms with Gasteiger partial charge in [0.15, 0.2) is 17.3 Å². The number of methoxy groups -OCH3 is 1. The molecule has 1 aliphatic rings. The Morgan fingerprint density at radius 1 is 1.16 bits per heavy atom. The van der Waals surface area contributed by atoms with Crippen LogP contribution in [0.3, 0.4) is 0 Å². The Kier molecular flexibility index (Phi) is 7.55. The molecule has 1 aliphatic carbocycles. The highest BCUT2D eigenvalue weighted by Crippen LogP contribution is 2.45. The average molecular weight is 533 g/mol. The van der Waals surface area contributed by atoms with Crippen molar-refractivity contribution in [2.75, 3.05) is 18.2 Å². The Hall–Kier alpha value is -3.60. The van der Waals surface area contributed by atoms with Crippen LogP contribution in [0.25, 0.3) is 22.6 Å². The van der Waals surface area contributed by atoms with Crippen LogP contribution in [-0.4, -0.2) is 47.3 Å². The molecule has 0 aromatic carbocycles. The largest absolute Gasteiger partial charge is 0.480 e. The van der Waals surface area contributed by atoms with Crippen LogP contribution in [-0.2, 0) is 6.54 Å². The van der Waals surface area contributed by atoms with Crippen molar-refractivity contribution in [3.8, 4) is 17.3 Å². The van der Waals surface area contributed by atoms with E-state index < -0.39 is 0 Å². The van der Waals surface area contributed by atoms with Crippen molar-refractivity contribution in [3.05, 3.63) is 52.1 Å². The van der Waals surface area contributed by atoms with Crippen molar-refractivity contribution in [2.24, 2.45) is 0 Å². The summed E-state index contributed by atoms with van der Waals surface area (Å²) in [6.45, 7) is 8.43. The van der Waals surface area contributed by atoms with Crippen molar-refractivity contribution in [2.45, 2.75) is 70.4 Å². The molecule has 0 aliphatic heterocycles. The number of thioether (sulfide) groups is 1. The third kappa shape index (κ3) is 5.07. The first-order chi connectivity index (χ1) is 18.4. The van der Waals surface area contributed by atoms with Crippen LogP contribution in [0, 0.1) is 6.92 Å². The molecule has 0 bridgehead atoms. The Bertz CT molecular complexity index is 1520. The van der Waals surface area contributed by atoms with Gasteiger partial charge in [0.1, 0.15) is 17.4 Å². The highest BCUT2D eigenvalue weighted by atomic mass is 32.2. The van der Waals surface area contributed by atoms with Gasteiger partial charge in [0.25, 0.3) is 5.56 Å². The van der Waals surface area contributed by atoms with Crippen LogP contribution in [0.5, 0.6) is 5.88 Å². The Morgan fingerprint density at radius 2 is 1.97 bits per heavy atom. The standard InChI is InChI=1S/C27H32N8O2S/c1-6-15(3)35-25-21(33-24(27(35)36)29-12-18-10-11-19(13-28-18)38-7-2)16(4)32-23(34-25)20-22(17-8-9-17)30-14-31-26(20)37-5/h10-11,13-15,17H,6-9,12H2,1-5H3,(H,29,33)/t15-/m0/s1. The van der Waals surface area contributed by atoms with E-state index in [2.05, 4.69) is 27.2 Å². The molecule has 0 amide bonds. The Labute approximate surface area is 225 Å². The summed E-state index contributed by atoms with van der Waals surface area (Å²) in [7, 11) is 1.58. The molecule has 0 radical (unpaired) electrons. The van der Waals surface area contributed by atoms with E-state index in [4.69, 9.17) is 19.7 Å². The minimum atomic E-state index is -0.229. The van der Waals surface area contributed by atoms with Gasteiger partial charge in [-0.25, -0.2) is 24.9 Å². The van der Waals surface area contributed by atoms with E-state index in [1.165, 1.54) is 6.33 Å². The maximum Gasteiger partial charge on any atom is 0.295 e. The molecule has 0 saturated heterocycles. The van der Waals surface area contributed by atoms with Gasteiger partial charge in [-0.15, -0.1) is 11.8 Å². The lowest BCUT2D eigenvalue weighted by Crippen LogP contribution is -2.29. The molecule has 11 heteroatoms. The van der Waals surface area contributed by atoms with E-state index in [9.17, 15) is 4.79 Å². The maximum absolute atomic E-state index is 13.7. The fraction of sp³-hybridized carbons (Fsp3) is 0.444. The van der Waals surface area contributed by atoms with Crippen LogP contribution in [0.4, 0.5) is 5.82 Å². The second kappa shape index (κ2) is 11.0. The number of aryl methyl sites for hydroxylation is 1. The summed E-state index contributed by atoms with van der Waals surface area (Å²) in [5, 5.41) is 3.21. The monoisotopic (exact) mass is 532 g/mol. The molecule has 198 valence electrons. The number of fused-ring (bicyclic) bond motifs is 1. The first-order valence-electron chi connectivity index (χ1n) is 13.0. The number of nitrogens with one attached hydrogen (secondary N) is 1. The maximum atomic E-state index is 13.7. The molecule has 1 atom stereocenters. The molecule has 4 aromatic heterocycles. The molecule has 5 rings (SSSR count). The van der Waals surface area contributed by atoms with Gasteiger partial charge in [0, 0.05) is 23.1 Å². The second-order valence-corrected chi connectivity index (χ2v) is 10.7. The van der Waals surface area contributed by atoms with Crippen LogP contribution < -0.4 is 15.6 Å². The van der Waals surface area contributed by atoms with Crippen LogP contribution in [0.1, 0.15) is 69.1 Å². The predicted molar refractivity (Wildman–Crippen MR) is 149 cm³/mol. The van der Waals surface area contributed by atoms with E-state index in [0.717, 1.165) is 41.3 Å². The molecule has 1 N–H and O–H groups in total. The quantitative estimate of drug-likeness (QED) is 0.281. The van der Waals surface area contributed by atoms with Gasteiger partial charge < -0.3 is 10.1 Å². The summed E-state index contributed by atoms with van der Waals surface area (Å²) >= 11 is 1.74. The molecule has 1 fully saturated rings. The van der Waals surface area contributed by atoms with Gasteiger partial charge in [-0.3, -0.25) is 14.3 Å². The number of hydrogen-bond donors (Lipinski definition) is 1. The highest BCUT2D eigenvalue weighted by molar-refractivity contribution is 7.99. The third-order valence-corrected chi connectivity index (χ3v) is 7.58. The average Bonchev–Trinajstić information content (AvgIpc) is 3.78. The number of aromatic nitrogens is 7. The van der Waals surface area contributed by atoms with Crippen molar-refractivity contribution >= 4 is 28.7 Å². The number of pyridine rings is 1. The summed E-state index contributed by atoms with van der Waals surface area (Å²) in [6.07, 6.45) is 6.24. The molecule has 4 heterocycles. The predicted octanol–water partition coefficient (Wildman–Crippen LogP) is 4.93. The summed E-state index contributed by atoms with van der Waals surface area (Å²) in [4.78, 5) is 42.6. The smallest absolute Gasteiger partial charge is 0.295 e. The minimum absolute atomic E-state index is 0.101. The third-order valence-electron chi connectivity index (χ3n) is 6.71. The highest BCUT2D eigenvalue weighted by Gasteiger charge is 2.32. The summed E-state index contributed by atoms with van der Waals surface area (Å²) in [5.74, 6) is 2.46. The van der Waals surface area contributed by atoms with E-state index in [1.54, 1.807) is 23.4 Å². The molecular formula is C27H32N8O2S. The molecule has 0 spiro atoms. The molecular weight excluding hydrogens is 500 g/mol. The lowest BCUT2D eigenvalue weighted by atomic mass is 10.1. The van der Waals surface area contributed by atoms with Crippen molar-refractivity contribution < 1.29 is 4.74 Å². The lowest BCUT2D eigenvalue weighted by molar-refractivity contribution is 0.397. The molecule has 10 nitrogen and oxygen atoms in total. The number of rotatable bonds is 10. The Balaban J connectivity index is 1.60. The van der Waals surface area contributed by atoms with Gasteiger partial charge in [0.05, 0.1) is 30.7 Å². The van der Waals surface area contributed by atoms with Crippen LogP contribution in [0.2, 0.25) is 0 Å². The zero-order chi connectivity index (χ0) is 26.8. The normalized spacial score (nSPS) is 14.0. The van der Waals surface area contributed by atoms with Crippen molar-refractivity contribution in [1.82, 2.24) is 34.5 Å². The van der Waals surface area contributed by atoms with Crippen LogP contribution >= 0.6 is 11.8 Å². The number of hydrogen-bond acceptors (Lipinski definition) is 10.